The summed E-state index contributed by atoms with van der Waals surface area (Å²) in [5.41, 5.74) is 5.67. The number of rotatable bonds is 3. The molecule has 1 aliphatic rings. The Morgan fingerprint density at radius 1 is 1.45 bits per heavy atom. The highest BCUT2D eigenvalue weighted by Gasteiger charge is 2.35. The van der Waals surface area contributed by atoms with Gasteiger partial charge in [-0.1, -0.05) is 11.6 Å². The molecule has 2 rings (SSSR count). The lowest BCUT2D eigenvalue weighted by atomic mass is 10.2. The molecule has 112 valence electrons. The molecule has 1 unspecified atom stereocenters. The van der Waals surface area contributed by atoms with Gasteiger partial charge in [0, 0.05) is 26.2 Å². The quantitative estimate of drug-likeness (QED) is 0.892. The molecule has 0 aromatic heterocycles. The molecule has 1 saturated heterocycles. The van der Waals surface area contributed by atoms with Gasteiger partial charge in [0.2, 0.25) is 10.0 Å². The molecule has 1 aromatic rings. The van der Waals surface area contributed by atoms with E-state index in [4.69, 9.17) is 17.3 Å². The Balaban J connectivity index is 2.38. The lowest BCUT2D eigenvalue weighted by molar-refractivity contribution is 0.164. The van der Waals surface area contributed by atoms with Crippen LogP contribution in [0.1, 0.15) is 0 Å². The van der Waals surface area contributed by atoms with Gasteiger partial charge >= 0.3 is 0 Å². The molecule has 0 aliphatic carbocycles. The summed E-state index contributed by atoms with van der Waals surface area (Å²) in [4.78, 5) is 1.94. The lowest BCUT2D eigenvalue weighted by Crippen LogP contribution is -2.56. The molecule has 0 radical (unpaired) electrons. The van der Waals surface area contributed by atoms with E-state index >= 15 is 0 Å². The van der Waals surface area contributed by atoms with Crippen LogP contribution < -0.4 is 5.73 Å². The summed E-state index contributed by atoms with van der Waals surface area (Å²) in [7, 11) is -1.85. The maximum Gasteiger partial charge on any atom is 0.244 e. The van der Waals surface area contributed by atoms with Crippen LogP contribution in [0.5, 0.6) is 0 Å². The van der Waals surface area contributed by atoms with Crippen LogP contribution in [0.15, 0.2) is 23.1 Å². The highest BCUT2D eigenvalue weighted by Crippen LogP contribution is 2.27. The second kappa shape index (κ2) is 5.95. The van der Waals surface area contributed by atoms with Gasteiger partial charge in [-0.05, 0) is 25.2 Å². The van der Waals surface area contributed by atoms with Crippen LogP contribution >= 0.6 is 11.6 Å². The summed E-state index contributed by atoms with van der Waals surface area (Å²) in [6.07, 6.45) is 0. The van der Waals surface area contributed by atoms with Crippen molar-refractivity contribution in [3.8, 4) is 0 Å². The Labute approximate surface area is 123 Å². The van der Waals surface area contributed by atoms with Gasteiger partial charge in [0.05, 0.1) is 11.1 Å². The molecule has 0 saturated carbocycles. The van der Waals surface area contributed by atoms with E-state index in [1.165, 1.54) is 10.4 Å². The summed E-state index contributed by atoms with van der Waals surface area (Å²) in [6, 6.07) is 2.98. The zero-order valence-corrected chi connectivity index (χ0v) is 12.7. The minimum Gasteiger partial charge on any atom is -0.329 e. The first-order valence-electron chi connectivity index (χ1n) is 6.21. The van der Waals surface area contributed by atoms with Crippen molar-refractivity contribution in [2.24, 2.45) is 5.73 Å². The largest absolute Gasteiger partial charge is 0.329 e. The fraction of sp³-hybridized carbons (Fsp3) is 0.500. The van der Waals surface area contributed by atoms with Gasteiger partial charge in [-0.15, -0.1) is 0 Å². The number of likely N-dealkylation sites (N-methyl/N-ethyl adjacent to an activating group) is 1. The van der Waals surface area contributed by atoms with Crippen LogP contribution in [0.2, 0.25) is 5.02 Å². The maximum absolute atomic E-state index is 13.1. The molecule has 1 aliphatic heterocycles. The summed E-state index contributed by atoms with van der Waals surface area (Å²) < 4.78 is 39.7. The van der Waals surface area contributed by atoms with Gasteiger partial charge in [-0.3, -0.25) is 0 Å². The lowest BCUT2D eigenvalue weighted by Gasteiger charge is -2.38. The fourth-order valence-corrected chi connectivity index (χ4v) is 4.44. The smallest absolute Gasteiger partial charge is 0.244 e. The van der Waals surface area contributed by atoms with Gasteiger partial charge in [0.25, 0.3) is 0 Å². The molecular formula is C12H17ClFN3O2S. The van der Waals surface area contributed by atoms with Gasteiger partial charge in [0.15, 0.2) is 0 Å². The highest BCUT2D eigenvalue weighted by molar-refractivity contribution is 7.89. The van der Waals surface area contributed by atoms with E-state index in [1.54, 1.807) is 0 Å². The number of hydrogen-bond acceptors (Lipinski definition) is 4. The zero-order chi connectivity index (χ0) is 14.9. The van der Waals surface area contributed by atoms with Crippen LogP contribution in [-0.2, 0) is 10.0 Å². The molecule has 1 aromatic carbocycles. The van der Waals surface area contributed by atoms with Crippen molar-refractivity contribution in [3.63, 3.8) is 0 Å². The average molecular weight is 322 g/mol. The third kappa shape index (κ3) is 2.96. The second-order valence-electron chi connectivity index (χ2n) is 4.84. The van der Waals surface area contributed by atoms with Crippen molar-refractivity contribution in [2.45, 2.75) is 10.9 Å². The Morgan fingerprint density at radius 2 is 2.15 bits per heavy atom. The summed E-state index contributed by atoms with van der Waals surface area (Å²) in [6.45, 7) is 1.75. The zero-order valence-electron chi connectivity index (χ0n) is 11.1. The number of benzene rings is 1. The third-order valence-corrected chi connectivity index (χ3v) is 5.82. The molecular weight excluding hydrogens is 305 g/mol. The molecule has 8 heteroatoms. The van der Waals surface area contributed by atoms with Crippen LogP contribution in [-0.4, -0.2) is 56.9 Å². The number of hydrogen-bond donors (Lipinski definition) is 1. The van der Waals surface area contributed by atoms with Crippen molar-refractivity contribution in [2.75, 3.05) is 33.2 Å². The van der Waals surface area contributed by atoms with E-state index in [2.05, 4.69) is 0 Å². The SMILES string of the molecule is CN1CCN(S(=O)(=O)c2ccc(F)cc2Cl)C(CN)C1. The van der Waals surface area contributed by atoms with Crippen LogP contribution in [0.3, 0.4) is 0 Å². The van der Waals surface area contributed by atoms with E-state index in [0.29, 0.717) is 19.6 Å². The molecule has 1 heterocycles. The van der Waals surface area contributed by atoms with Gasteiger partial charge in [-0.25, -0.2) is 12.8 Å². The van der Waals surface area contributed by atoms with Crippen LogP contribution in [0.4, 0.5) is 4.39 Å². The number of piperazine rings is 1. The van der Waals surface area contributed by atoms with Gasteiger partial charge in [-0.2, -0.15) is 4.31 Å². The first-order chi connectivity index (χ1) is 9.36. The van der Waals surface area contributed by atoms with Crippen molar-refractivity contribution in [1.29, 1.82) is 0 Å². The Kier molecular flexibility index (Phi) is 4.66. The molecule has 1 fully saturated rings. The van der Waals surface area contributed by atoms with Crippen LogP contribution in [0.25, 0.3) is 0 Å². The highest BCUT2D eigenvalue weighted by atomic mass is 35.5. The summed E-state index contributed by atoms with van der Waals surface area (Å²) in [5.74, 6) is -0.567. The Morgan fingerprint density at radius 3 is 2.75 bits per heavy atom. The second-order valence-corrected chi connectivity index (χ2v) is 7.11. The van der Waals surface area contributed by atoms with E-state index in [1.807, 2.05) is 11.9 Å². The standard InChI is InChI=1S/C12H17ClFN3O2S/c1-16-4-5-17(10(7-15)8-16)20(18,19)12-3-2-9(14)6-11(12)13/h2-3,6,10H,4-5,7-8,15H2,1H3. The number of halogens is 2. The van der Waals surface area contributed by atoms with Gasteiger partial charge < -0.3 is 10.6 Å². The monoisotopic (exact) mass is 321 g/mol. The minimum atomic E-state index is -3.77. The van der Waals surface area contributed by atoms with Crippen molar-refractivity contribution < 1.29 is 12.8 Å². The van der Waals surface area contributed by atoms with E-state index < -0.39 is 15.8 Å². The number of sulfonamides is 1. The molecule has 5 nitrogen and oxygen atoms in total. The first-order valence-corrected chi connectivity index (χ1v) is 8.03. The van der Waals surface area contributed by atoms with Crippen molar-refractivity contribution >= 4 is 21.6 Å². The number of nitrogens with zero attached hydrogens (tertiary/aromatic N) is 2. The maximum atomic E-state index is 13.1. The molecule has 2 N–H and O–H groups in total. The molecule has 0 amide bonds. The molecule has 1 atom stereocenters. The van der Waals surface area contributed by atoms with E-state index in [0.717, 1.165) is 12.1 Å². The predicted octanol–water partition coefficient (Wildman–Crippen LogP) is 0.743. The van der Waals surface area contributed by atoms with E-state index in [9.17, 15) is 12.8 Å². The summed E-state index contributed by atoms with van der Waals surface area (Å²) >= 11 is 5.87. The molecule has 20 heavy (non-hydrogen) atoms. The predicted molar refractivity (Wildman–Crippen MR) is 75.6 cm³/mol. The third-order valence-electron chi connectivity index (χ3n) is 3.38. The summed E-state index contributed by atoms with van der Waals surface area (Å²) in [5, 5.41) is -0.111. The minimum absolute atomic E-state index is 0.0800. The molecule has 0 bridgehead atoms. The Hall–Kier alpha value is -0.730. The van der Waals surface area contributed by atoms with E-state index in [-0.39, 0.29) is 22.5 Å². The molecule has 0 spiro atoms. The average Bonchev–Trinajstić information content (AvgIpc) is 2.37. The topological polar surface area (TPSA) is 66.6 Å². The van der Waals surface area contributed by atoms with Crippen molar-refractivity contribution in [3.05, 3.63) is 29.0 Å². The van der Waals surface area contributed by atoms with Crippen LogP contribution in [0, 0.1) is 5.82 Å². The normalized spacial score (nSPS) is 22.1. The fourth-order valence-electron chi connectivity index (χ4n) is 2.31. The van der Waals surface area contributed by atoms with Crippen molar-refractivity contribution in [1.82, 2.24) is 9.21 Å². The van der Waals surface area contributed by atoms with Gasteiger partial charge in [0.1, 0.15) is 10.7 Å². The number of nitrogens with two attached hydrogens (primary N) is 1. The first kappa shape index (κ1) is 15.7. The Bertz CT molecular complexity index is 596.